The van der Waals surface area contributed by atoms with Gasteiger partial charge in [0.15, 0.2) is 6.17 Å². The number of hydroxylamine groups is 2. The Labute approximate surface area is 130 Å². The first kappa shape index (κ1) is 14.8. The monoisotopic (exact) mass is 296 g/mol. The summed E-state index contributed by atoms with van der Waals surface area (Å²) in [6.45, 7) is 3.93. The summed E-state index contributed by atoms with van der Waals surface area (Å²) in [5.74, 6) is 0.723. The Morgan fingerprint density at radius 3 is 2.36 bits per heavy atom. The van der Waals surface area contributed by atoms with Crippen LogP contribution in [0.1, 0.15) is 31.1 Å². The van der Waals surface area contributed by atoms with E-state index in [0.717, 1.165) is 22.6 Å². The molecule has 0 saturated carbocycles. The number of aliphatic imine (C=N–C) groups is 1. The van der Waals surface area contributed by atoms with Crippen molar-refractivity contribution in [3.05, 3.63) is 65.7 Å². The molecule has 4 nitrogen and oxygen atoms in total. The Kier molecular flexibility index (Phi) is 3.72. The summed E-state index contributed by atoms with van der Waals surface area (Å²) in [7, 11) is 1.63. The molecule has 0 radical (unpaired) electrons. The van der Waals surface area contributed by atoms with Crippen molar-refractivity contribution in [2.24, 2.45) is 4.99 Å². The molecule has 0 spiro atoms. The molecule has 0 fully saturated rings. The van der Waals surface area contributed by atoms with Crippen LogP contribution < -0.4 is 4.74 Å². The highest BCUT2D eigenvalue weighted by molar-refractivity contribution is 6.08. The Bertz CT molecular complexity index is 695. The van der Waals surface area contributed by atoms with Crippen molar-refractivity contribution in [1.82, 2.24) is 5.06 Å². The van der Waals surface area contributed by atoms with Gasteiger partial charge in [-0.1, -0.05) is 48.5 Å². The third kappa shape index (κ3) is 2.30. The molecule has 0 bridgehead atoms. The van der Waals surface area contributed by atoms with Crippen LogP contribution in [-0.2, 0) is 0 Å². The van der Waals surface area contributed by atoms with Gasteiger partial charge in [0.2, 0.25) is 0 Å². The molecule has 2 aromatic rings. The lowest BCUT2D eigenvalue weighted by Gasteiger charge is -2.30. The summed E-state index contributed by atoms with van der Waals surface area (Å²) in [6.07, 6.45) is -0.471. The van der Waals surface area contributed by atoms with E-state index in [1.165, 1.54) is 5.06 Å². The summed E-state index contributed by atoms with van der Waals surface area (Å²) in [5.41, 5.74) is 2.16. The predicted molar refractivity (Wildman–Crippen MR) is 86.4 cm³/mol. The number of rotatable bonds is 3. The van der Waals surface area contributed by atoms with E-state index in [2.05, 4.69) is 0 Å². The molecule has 0 unspecified atom stereocenters. The van der Waals surface area contributed by atoms with Gasteiger partial charge in [0.1, 0.15) is 5.75 Å². The number of ether oxygens (including phenoxy) is 1. The number of para-hydroxylation sites is 1. The highest BCUT2D eigenvalue weighted by Crippen LogP contribution is 2.40. The van der Waals surface area contributed by atoms with E-state index in [1.54, 1.807) is 7.11 Å². The van der Waals surface area contributed by atoms with E-state index in [1.807, 2.05) is 68.4 Å². The van der Waals surface area contributed by atoms with Crippen LogP contribution in [-0.4, -0.2) is 28.6 Å². The maximum Gasteiger partial charge on any atom is 0.155 e. The second kappa shape index (κ2) is 5.55. The first-order chi connectivity index (χ1) is 10.6. The minimum Gasteiger partial charge on any atom is -0.496 e. The Morgan fingerprint density at radius 1 is 1.05 bits per heavy atom. The van der Waals surface area contributed by atoms with Crippen LogP contribution in [0.15, 0.2) is 59.6 Å². The molecule has 4 heteroatoms. The Hall–Kier alpha value is -2.17. The maximum absolute atomic E-state index is 10.7. The van der Waals surface area contributed by atoms with Crippen LogP contribution in [0.25, 0.3) is 0 Å². The van der Waals surface area contributed by atoms with Crippen molar-refractivity contribution in [1.29, 1.82) is 0 Å². The first-order valence-electron chi connectivity index (χ1n) is 7.30. The molecule has 1 aliphatic heterocycles. The summed E-state index contributed by atoms with van der Waals surface area (Å²) in [6, 6.07) is 17.6. The lowest BCUT2D eigenvalue weighted by Crippen LogP contribution is -2.44. The summed E-state index contributed by atoms with van der Waals surface area (Å²) < 4.78 is 5.41. The minimum atomic E-state index is -0.577. The summed E-state index contributed by atoms with van der Waals surface area (Å²) >= 11 is 0. The van der Waals surface area contributed by atoms with Crippen molar-refractivity contribution in [2.45, 2.75) is 25.6 Å². The van der Waals surface area contributed by atoms with Gasteiger partial charge >= 0.3 is 0 Å². The lowest BCUT2D eigenvalue weighted by molar-refractivity contribution is -0.159. The molecule has 0 amide bonds. The third-order valence-corrected chi connectivity index (χ3v) is 4.10. The van der Waals surface area contributed by atoms with Gasteiger partial charge in [-0.3, -0.25) is 4.99 Å². The second-order valence-corrected chi connectivity index (χ2v) is 5.86. The van der Waals surface area contributed by atoms with E-state index in [0.29, 0.717) is 0 Å². The van der Waals surface area contributed by atoms with Crippen LogP contribution in [0.3, 0.4) is 0 Å². The van der Waals surface area contributed by atoms with Crippen LogP contribution in [0.2, 0.25) is 0 Å². The standard InChI is InChI=1S/C18H20N2O2/c1-18(2)16(13-9-5-4-6-10-13)19-17(20(18)21)14-11-7-8-12-15(14)22-3/h4-12,17,21H,1-3H3/t17-/m0/s1. The van der Waals surface area contributed by atoms with Crippen LogP contribution >= 0.6 is 0 Å². The van der Waals surface area contributed by atoms with Crippen molar-refractivity contribution in [3.63, 3.8) is 0 Å². The van der Waals surface area contributed by atoms with Gasteiger partial charge in [-0.25, -0.2) is 0 Å². The first-order valence-corrected chi connectivity index (χ1v) is 7.30. The average molecular weight is 296 g/mol. The van der Waals surface area contributed by atoms with Gasteiger partial charge < -0.3 is 9.94 Å². The highest BCUT2D eigenvalue weighted by atomic mass is 16.5. The number of benzene rings is 2. The summed E-state index contributed by atoms with van der Waals surface area (Å²) in [4.78, 5) is 4.78. The Balaban J connectivity index is 2.09. The molecule has 1 atom stereocenters. The van der Waals surface area contributed by atoms with Crippen molar-refractivity contribution < 1.29 is 9.94 Å². The molecule has 3 rings (SSSR count). The number of nitrogens with zero attached hydrogens (tertiary/aromatic N) is 2. The van der Waals surface area contributed by atoms with Gasteiger partial charge in [0.25, 0.3) is 0 Å². The SMILES string of the molecule is COc1ccccc1[C@H]1N=C(c2ccccc2)C(C)(C)N1O. The van der Waals surface area contributed by atoms with Crippen molar-refractivity contribution in [3.8, 4) is 5.75 Å². The molecule has 0 aromatic heterocycles. The van der Waals surface area contributed by atoms with Crippen molar-refractivity contribution >= 4 is 5.71 Å². The molecule has 0 saturated heterocycles. The maximum atomic E-state index is 10.7. The van der Waals surface area contributed by atoms with Gasteiger partial charge in [0, 0.05) is 5.56 Å². The zero-order valence-corrected chi connectivity index (χ0v) is 13.0. The number of hydrogen-bond acceptors (Lipinski definition) is 4. The highest BCUT2D eigenvalue weighted by Gasteiger charge is 2.44. The second-order valence-electron chi connectivity index (χ2n) is 5.86. The molecule has 22 heavy (non-hydrogen) atoms. The van der Waals surface area contributed by atoms with E-state index in [9.17, 15) is 5.21 Å². The fraction of sp³-hybridized carbons (Fsp3) is 0.278. The number of hydrogen-bond donors (Lipinski definition) is 1. The van der Waals surface area contributed by atoms with Crippen LogP contribution in [0.5, 0.6) is 5.75 Å². The van der Waals surface area contributed by atoms with Crippen LogP contribution in [0, 0.1) is 0 Å². The zero-order valence-electron chi connectivity index (χ0n) is 13.0. The molecule has 1 N–H and O–H groups in total. The van der Waals surface area contributed by atoms with Gasteiger partial charge in [0.05, 0.1) is 18.4 Å². The average Bonchev–Trinajstić information content (AvgIpc) is 2.79. The molecular formula is C18H20N2O2. The molecule has 0 aliphatic carbocycles. The van der Waals surface area contributed by atoms with Crippen LogP contribution in [0.4, 0.5) is 0 Å². The Morgan fingerprint density at radius 2 is 1.68 bits per heavy atom. The quantitative estimate of drug-likeness (QED) is 0.940. The fourth-order valence-electron chi connectivity index (χ4n) is 2.85. The molecule has 1 aliphatic rings. The topological polar surface area (TPSA) is 45.1 Å². The molecule has 1 heterocycles. The molecule has 114 valence electrons. The van der Waals surface area contributed by atoms with E-state index < -0.39 is 11.7 Å². The predicted octanol–water partition coefficient (Wildman–Crippen LogP) is 3.67. The minimum absolute atomic E-state index is 0.471. The van der Waals surface area contributed by atoms with E-state index >= 15 is 0 Å². The summed E-state index contributed by atoms with van der Waals surface area (Å²) in [5, 5.41) is 12.0. The largest absolute Gasteiger partial charge is 0.496 e. The van der Waals surface area contributed by atoms with E-state index in [4.69, 9.17) is 9.73 Å². The zero-order chi connectivity index (χ0) is 15.7. The van der Waals surface area contributed by atoms with E-state index in [-0.39, 0.29) is 0 Å². The fourth-order valence-corrected chi connectivity index (χ4v) is 2.85. The number of methoxy groups -OCH3 is 1. The molecule has 2 aromatic carbocycles. The van der Waals surface area contributed by atoms with Crippen molar-refractivity contribution in [2.75, 3.05) is 7.11 Å². The molecular weight excluding hydrogens is 276 g/mol. The van der Waals surface area contributed by atoms with Gasteiger partial charge in [-0.2, -0.15) is 5.06 Å². The van der Waals surface area contributed by atoms with Gasteiger partial charge in [-0.05, 0) is 25.5 Å². The smallest absolute Gasteiger partial charge is 0.155 e. The van der Waals surface area contributed by atoms with Gasteiger partial charge in [-0.15, -0.1) is 0 Å². The third-order valence-electron chi connectivity index (χ3n) is 4.10. The normalized spacial score (nSPS) is 20.7. The lowest BCUT2D eigenvalue weighted by atomic mass is 9.93.